The van der Waals surface area contributed by atoms with Gasteiger partial charge in [-0.2, -0.15) is 0 Å². The number of nitrogens with zero attached hydrogens (tertiary/aromatic N) is 2. The first-order chi connectivity index (χ1) is 11.1. The zero-order valence-electron chi connectivity index (χ0n) is 12.6. The first kappa shape index (κ1) is 15.0. The van der Waals surface area contributed by atoms with E-state index in [1.165, 1.54) is 6.07 Å². The first-order valence-corrected chi connectivity index (χ1v) is 7.27. The molecule has 3 rings (SSSR count). The summed E-state index contributed by atoms with van der Waals surface area (Å²) in [6, 6.07) is 11.6. The molecular formula is C17H16FN3O2. The highest BCUT2D eigenvalue weighted by atomic mass is 19.1. The fraction of sp³-hybridized carbons (Fsp3) is 0.176. The number of rotatable bonds is 5. The molecular weight excluding hydrogens is 297 g/mol. The summed E-state index contributed by atoms with van der Waals surface area (Å²) in [5.74, 6) is 0.0474. The minimum Gasteiger partial charge on any atom is -0.485 e. The van der Waals surface area contributed by atoms with Crippen molar-refractivity contribution >= 4 is 16.9 Å². The number of hydrogen-bond donors (Lipinski definition) is 1. The standard InChI is InChI=1S/C17H16FN3O2/c1-2-21-13-8-5-7-12(18)16(13)20-15(21)10-23-14-9-4-3-6-11(14)17(19)22/h3-9H,2,10H2,1H3,(H2,19,22). The van der Waals surface area contributed by atoms with Crippen LogP contribution in [0.5, 0.6) is 5.75 Å². The molecule has 0 saturated carbocycles. The molecule has 0 spiro atoms. The predicted octanol–water partition coefficient (Wildman–Crippen LogP) is 2.87. The van der Waals surface area contributed by atoms with E-state index < -0.39 is 5.91 Å². The Balaban J connectivity index is 1.94. The highest BCUT2D eigenvalue weighted by Gasteiger charge is 2.14. The van der Waals surface area contributed by atoms with Gasteiger partial charge in [-0.25, -0.2) is 9.37 Å². The van der Waals surface area contributed by atoms with Crippen molar-refractivity contribution in [1.29, 1.82) is 0 Å². The van der Waals surface area contributed by atoms with Crippen LogP contribution < -0.4 is 10.5 Å². The zero-order chi connectivity index (χ0) is 16.4. The third kappa shape index (κ3) is 2.75. The van der Waals surface area contributed by atoms with Gasteiger partial charge in [0.1, 0.15) is 23.7 Å². The Morgan fingerprint density at radius 2 is 2.04 bits per heavy atom. The van der Waals surface area contributed by atoms with E-state index in [1.54, 1.807) is 30.3 Å². The number of ether oxygens (including phenoxy) is 1. The molecule has 5 nitrogen and oxygen atoms in total. The lowest BCUT2D eigenvalue weighted by atomic mass is 10.2. The van der Waals surface area contributed by atoms with Crippen LogP contribution in [0.2, 0.25) is 0 Å². The van der Waals surface area contributed by atoms with Crippen LogP contribution in [0.1, 0.15) is 23.1 Å². The minimum absolute atomic E-state index is 0.117. The maximum atomic E-state index is 13.9. The summed E-state index contributed by atoms with van der Waals surface area (Å²) in [4.78, 5) is 15.7. The van der Waals surface area contributed by atoms with Crippen LogP contribution >= 0.6 is 0 Å². The summed E-state index contributed by atoms with van der Waals surface area (Å²) in [6.07, 6.45) is 0. The molecule has 0 atom stereocenters. The predicted molar refractivity (Wildman–Crippen MR) is 84.7 cm³/mol. The minimum atomic E-state index is -0.560. The van der Waals surface area contributed by atoms with Crippen LogP contribution in [0.15, 0.2) is 42.5 Å². The number of halogens is 1. The van der Waals surface area contributed by atoms with Crippen molar-refractivity contribution in [2.75, 3.05) is 0 Å². The molecule has 23 heavy (non-hydrogen) atoms. The molecule has 0 bridgehead atoms. The molecule has 0 fully saturated rings. The average molecular weight is 313 g/mol. The molecule has 0 aliphatic rings. The summed E-state index contributed by atoms with van der Waals surface area (Å²) >= 11 is 0. The van der Waals surface area contributed by atoms with Gasteiger partial charge in [-0.05, 0) is 31.2 Å². The molecule has 0 aliphatic heterocycles. The Morgan fingerprint density at radius 1 is 1.26 bits per heavy atom. The van der Waals surface area contributed by atoms with Crippen molar-refractivity contribution in [3.8, 4) is 5.75 Å². The maximum absolute atomic E-state index is 13.9. The average Bonchev–Trinajstić information content (AvgIpc) is 2.92. The number of carbonyl (C=O) groups is 1. The maximum Gasteiger partial charge on any atom is 0.252 e. The van der Waals surface area contributed by atoms with Gasteiger partial charge >= 0.3 is 0 Å². The fourth-order valence-electron chi connectivity index (χ4n) is 2.56. The number of benzene rings is 2. The SMILES string of the molecule is CCn1c(COc2ccccc2C(N)=O)nc2c(F)cccc21. The molecule has 2 N–H and O–H groups in total. The highest BCUT2D eigenvalue weighted by molar-refractivity contribution is 5.95. The van der Waals surface area contributed by atoms with Gasteiger partial charge in [0.15, 0.2) is 5.82 Å². The highest BCUT2D eigenvalue weighted by Crippen LogP contribution is 2.22. The van der Waals surface area contributed by atoms with Gasteiger partial charge in [-0.3, -0.25) is 4.79 Å². The molecule has 6 heteroatoms. The zero-order valence-corrected chi connectivity index (χ0v) is 12.6. The van der Waals surface area contributed by atoms with E-state index in [4.69, 9.17) is 10.5 Å². The van der Waals surface area contributed by atoms with Crippen molar-refractivity contribution in [2.45, 2.75) is 20.1 Å². The Bertz CT molecular complexity index is 873. The Morgan fingerprint density at radius 3 is 2.78 bits per heavy atom. The van der Waals surface area contributed by atoms with E-state index in [1.807, 2.05) is 17.6 Å². The number of aryl methyl sites for hydroxylation is 1. The second-order valence-corrected chi connectivity index (χ2v) is 5.03. The third-order valence-electron chi connectivity index (χ3n) is 3.63. The molecule has 0 aliphatic carbocycles. The number of para-hydroxylation sites is 2. The number of carbonyl (C=O) groups excluding carboxylic acids is 1. The molecule has 0 radical (unpaired) electrons. The smallest absolute Gasteiger partial charge is 0.252 e. The van der Waals surface area contributed by atoms with Crippen LogP contribution in [0.4, 0.5) is 4.39 Å². The van der Waals surface area contributed by atoms with Crippen molar-refractivity contribution < 1.29 is 13.9 Å². The normalized spacial score (nSPS) is 10.9. The van der Waals surface area contributed by atoms with Crippen molar-refractivity contribution in [2.24, 2.45) is 5.73 Å². The van der Waals surface area contributed by atoms with E-state index in [2.05, 4.69) is 4.98 Å². The lowest BCUT2D eigenvalue weighted by molar-refractivity contribution is 0.0995. The Hall–Kier alpha value is -2.89. The van der Waals surface area contributed by atoms with Crippen LogP contribution in [-0.4, -0.2) is 15.5 Å². The van der Waals surface area contributed by atoms with Gasteiger partial charge < -0.3 is 15.0 Å². The molecule has 2 aromatic carbocycles. The number of fused-ring (bicyclic) bond motifs is 1. The molecule has 1 aromatic heterocycles. The van der Waals surface area contributed by atoms with Gasteiger partial charge in [0.25, 0.3) is 5.91 Å². The summed E-state index contributed by atoms with van der Waals surface area (Å²) in [7, 11) is 0. The van der Waals surface area contributed by atoms with E-state index in [9.17, 15) is 9.18 Å². The number of imidazole rings is 1. The first-order valence-electron chi connectivity index (χ1n) is 7.27. The van der Waals surface area contributed by atoms with E-state index in [0.717, 1.165) is 0 Å². The third-order valence-corrected chi connectivity index (χ3v) is 3.63. The van der Waals surface area contributed by atoms with Crippen LogP contribution in [0.3, 0.4) is 0 Å². The van der Waals surface area contributed by atoms with Crippen molar-refractivity contribution in [3.63, 3.8) is 0 Å². The monoisotopic (exact) mass is 313 g/mol. The van der Waals surface area contributed by atoms with Gasteiger partial charge in [-0.15, -0.1) is 0 Å². The molecule has 3 aromatic rings. The summed E-state index contributed by atoms with van der Waals surface area (Å²) in [6.45, 7) is 2.70. The second kappa shape index (κ2) is 6.08. The quantitative estimate of drug-likeness (QED) is 0.787. The number of primary amides is 1. The lowest BCUT2D eigenvalue weighted by Crippen LogP contribution is -2.13. The number of nitrogens with two attached hydrogens (primary N) is 1. The Kier molecular flexibility index (Phi) is 3.97. The summed E-state index contributed by atoms with van der Waals surface area (Å²) in [5.41, 5.74) is 6.67. The number of aromatic nitrogens is 2. The van der Waals surface area contributed by atoms with Crippen LogP contribution in [0, 0.1) is 5.82 Å². The van der Waals surface area contributed by atoms with E-state index in [0.29, 0.717) is 34.7 Å². The summed E-state index contributed by atoms with van der Waals surface area (Å²) in [5, 5.41) is 0. The lowest BCUT2D eigenvalue weighted by Gasteiger charge is -2.10. The van der Waals surface area contributed by atoms with Gasteiger partial charge in [0.2, 0.25) is 0 Å². The molecule has 1 amide bonds. The largest absolute Gasteiger partial charge is 0.485 e. The molecule has 1 heterocycles. The number of amides is 1. The molecule has 0 unspecified atom stereocenters. The van der Waals surface area contributed by atoms with E-state index >= 15 is 0 Å². The van der Waals surface area contributed by atoms with Crippen molar-refractivity contribution in [1.82, 2.24) is 9.55 Å². The van der Waals surface area contributed by atoms with Gasteiger partial charge in [0.05, 0.1) is 11.1 Å². The van der Waals surface area contributed by atoms with Gasteiger partial charge in [0, 0.05) is 6.54 Å². The van der Waals surface area contributed by atoms with Crippen molar-refractivity contribution in [3.05, 3.63) is 59.7 Å². The van der Waals surface area contributed by atoms with E-state index in [-0.39, 0.29) is 12.4 Å². The summed E-state index contributed by atoms with van der Waals surface area (Å²) < 4.78 is 21.4. The fourth-order valence-corrected chi connectivity index (χ4v) is 2.56. The van der Waals surface area contributed by atoms with Crippen LogP contribution in [-0.2, 0) is 13.2 Å². The molecule has 118 valence electrons. The Labute approximate surface area is 132 Å². The molecule has 0 saturated heterocycles. The topological polar surface area (TPSA) is 70.1 Å². The number of hydrogen-bond acceptors (Lipinski definition) is 3. The van der Waals surface area contributed by atoms with Gasteiger partial charge in [-0.1, -0.05) is 18.2 Å². The van der Waals surface area contributed by atoms with Crippen LogP contribution in [0.25, 0.3) is 11.0 Å². The second-order valence-electron chi connectivity index (χ2n) is 5.03.